The molecule has 0 amide bonds. The third-order valence-corrected chi connectivity index (χ3v) is 2.60. The Hall–Kier alpha value is -2.57. The molecule has 2 heterocycles. The van der Waals surface area contributed by atoms with Crippen LogP contribution in [0, 0.1) is 5.82 Å². The lowest BCUT2D eigenvalue weighted by atomic mass is 10.1. The highest BCUT2D eigenvalue weighted by Gasteiger charge is 2.13. The smallest absolute Gasteiger partial charge is 0.246 e. The quantitative estimate of drug-likeness (QED) is 0.714. The van der Waals surface area contributed by atoms with Gasteiger partial charge in [0.05, 0.1) is 7.11 Å². The molecule has 0 saturated heterocycles. The third-order valence-electron chi connectivity index (χ3n) is 2.60. The first-order chi connectivity index (χ1) is 9.26. The Labute approximate surface area is 107 Å². The fraction of sp³-hybridized carbons (Fsp3) is 0.167. The van der Waals surface area contributed by atoms with Crippen LogP contribution in [-0.2, 0) is 6.42 Å². The van der Waals surface area contributed by atoms with Crippen molar-refractivity contribution in [1.29, 1.82) is 0 Å². The van der Waals surface area contributed by atoms with E-state index in [0.717, 1.165) is 5.56 Å². The number of hydrogen-bond donors (Lipinski definition) is 0. The van der Waals surface area contributed by atoms with Crippen molar-refractivity contribution in [3.63, 3.8) is 0 Å². The van der Waals surface area contributed by atoms with Gasteiger partial charge in [-0.3, -0.25) is 0 Å². The Morgan fingerprint density at radius 2 is 2.00 bits per heavy atom. The fourth-order valence-electron chi connectivity index (χ4n) is 1.78. The molecule has 0 N–H and O–H groups in total. The molecule has 0 fully saturated rings. The highest BCUT2D eigenvalue weighted by molar-refractivity contribution is 5.64. The van der Waals surface area contributed by atoms with E-state index in [2.05, 4.69) is 24.9 Å². The molecule has 0 aliphatic heterocycles. The van der Waals surface area contributed by atoms with Crippen molar-refractivity contribution in [2.45, 2.75) is 6.42 Å². The molecule has 0 aliphatic carbocycles. The molecule has 3 rings (SSSR count). The van der Waals surface area contributed by atoms with Gasteiger partial charge in [-0.15, -0.1) is 0 Å². The minimum atomic E-state index is -0.298. The van der Waals surface area contributed by atoms with Crippen molar-refractivity contribution in [3.8, 4) is 5.88 Å². The van der Waals surface area contributed by atoms with E-state index in [1.165, 1.54) is 19.2 Å². The summed E-state index contributed by atoms with van der Waals surface area (Å²) < 4.78 is 22.8. The van der Waals surface area contributed by atoms with Crippen LogP contribution in [0.25, 0.3) is 11.3 Å². The predicted octanol–water partition coefficient (Wildman–Crippen LogP) is 1.75. The molecular weight excluding hydrogens is 251 g/mol. The van der Waals surface area contributed by atoms with Crippen LogP contribution in [0.1, 0.15) is 11.3 Å². The summed E-state index contributed by atoms with van der Waals surface area (Å²) in [6.45, 7) is 0. The standard InChI is InChI=1S/C12H9FN4O2/c1-18-12-9(6-7-3-2-4-8(13)5-7)14-10-11(15-12)17-19-16-10/h2-5H,6H2,1H3. The van der Waals surface area contributed by atoms with Crippen LogP contribution >= 0.6 is 0 Å². The van der Waals surface area contributed by atoms with Gasteiger partial charge in [0, 0.05) is 6.42 Å². The van der Waals surface area contributed by atoms with Crippen molar-refractivity contribution in [1.82, 2.24) is 20.3 Å². The Kier molecular flexibility index (Phi) is 2.79. The normalized spacial score (nSPS) is 10.8. The summed E-state index contributed by atoms with van der Waals surface area (Å²) >= 11 is 0. The van der Waals surface area contributed by atoms with Gasteiger partial charge in [0.2, 0.25) is 17.2 Å². The lowest BCUT2D eigenvalue weighted by molar-refractivity contribution is 0.313. The molecule has 0 bridgehead atoms. The maximum absolute atomic E-state index is 13.2. The zero-order valence-electron chi connectivity index (χ0n) is 10.00. The SMILES string of the molecule is COc1nc2nonc2nc1Cc1cccc(F)c1. The number of hydrogen-bond acceptors (Lipinski definition) is 6. The van der Waals surface area contributed by atoms with Gasteiger partial charge >= 0.3 is 0 Å². The molecule has 6 nitrogen and oxygen atoms in total. The Morgan fingerprint density at radius 3 is 2.74 bits per heavy atom. The van der Waals surface area contributed by atoms with Crippen LogP contribution in [-0.4, -0.2) is 27.4 Å². The van der Waals surface area contributed by atoms with E-state index in [1.54, 1.807) is 12.1 Å². The van der Waals surface area contributed by atoms with Crippen molar-refractivity contribution < 1.29 is 13.8 Å². The van der Waals surface area contributed by atoms with Gasteiger partial charge < -0.3 is 4.74 Å². The summed E-state index contributed by atoms with van der Waals surface area (Å²) in [5.41, 5.74) is 1.90. The van der Waals surface area contributed by atoms with E-state index in [4.69, 9.17) is 4.74 Å². The largest absolute Gasteiger partial charge is 0.480 e. The van der Waals surface area contributed by atoms with Crippen LogP contribution in [0.4, 0.5) is 4.39 Å². The first kappa shape index (κ1) is 11.5. The molecule has 96 valence electrons. The van der Waals surface area contributed by atoms with Gasteiger partial charge in [-0.25, -0.2) is 14.0 Å². The zero-order chi connectivity index (χ0) is 13.2. The topological polar surface area (TPSA) is 73.9 Å². The van der Waals surface area contributed by atoms with E-state index in [1.807, 2.05) is 0 Å². The van der Waals surface area contributed by atoms with Crippen LogP contribution in [0.3, 0.4) is 0 Å². The number of halogens is 1. The predicted molar refractivity (Wildman–Crippen MR) is 63.2 cm³/mol. The number of aromatic nitrogens is 4. The maximum Gasteiger partial charge on any atom is 0.246 e. The molecule has 0 saturated carbocycles. The first-order valence-electron chi connectivity index (χ1n) is 5.54. The number of methoxy groups -OCH3 is 1. The average Bonchev–Trinajstić information content (AvgIpc) is 2.85. The summed E-state index contributed by atoms with van der Waals surface area (Å²) in [5, 5.41) is 7.21. The second-order valence-electron chi connectivity index (χ2n) is 3.90. The van der Waals surface area contributed by atoms with Gasteiger partial charge in [0.25, 0.3) is 0 Å². The molecule has 1 aromatic carbocycles. The minimum Gasteiger partial charge on any atom is -0.480 e. The zero-order valence-corrected chi connectivity index (χ0v) is 10.00. The molecule has 0 aliphatic rings. The van der Waals surface area contributed by atoms with E-state index in [9.17, 15) is 4.39 Å². The van der Waals surface area contributed by atoms with Gasteiger partial charge in [-0.1, -0.05) is 12.1 Å². The fourth-order valence-corrected chi connectivity index (χ4v) is 1.78. The second-order valence-corrected chi connectivity index (χ2v) is 3.90. The van der Waals surface area contributed by atoms with Gasteiger partial charge in [-0.05, 0) is 28.0 Å². The number of benzene rings is 1. The van der Waals surface area contributed by atoms with Crippen LogP contribution in [0.2, 0.25) is 0 Å². The van der Waals surface area contributed by atoms with Crippen molar-refractivity contribution in [2.24, 2.45) is 0 Å². The lowest BCUT2D eigenvalue weighted by Crippen LogP contribution is -2.01. The molecular formula is C12H9FN4O2. The van der Waals surface area contributed by atoms with Crippen molar-refractivity contribution in [2.75, 3.05) is 7.11 Å². The van der Waals surface area contributed by atoms with E-state index >= 15 is 0 Å². The van der Waals surface area contributed by atoms with Crippen LogP contribution in [0.15, 0.2) is 28.9 Å². The number of rotatable bonds is 3. The molecule has 19 heavy (non-hydrogen) atoms. The lowest BCUT2D eigenvalue weighted by Gasteiger charge is -2.05. The summed E-state index contributed by atoms with van der Waals surface area (Å²) in [6, 6.07) is 6.26. The molecule has 2 aromatic heterocycles. The maximum atomic E-state index is 13.2. The summed E-state index contributed by atoms with van der Waals surface area (Å²) in [7, 11) is 1.48. The summed E-state index contributed by atoms with van der Waals surface area (Å²) in [6.07, 6.45) is 0.386. The monoisotopic (exact) mass is 260 g/mol. The molecule has 7 heteroatoms. The molecule has 0 unspecified atom stereocenters. The summed E-state index contributed by atoms with van der Waals surface area (Å²) in [5.74, 6) is 0.0288. The van der Waals surface area contributed by atoms with Gasteiger partial charge in [0.15, 0.2) is 0 Å². The number of nitrogens with zero attached hydrogens (tertiary/aromatic N) is 4. The van der Waals surface area contributed by atoms with Gasteiger partial charge in [-0.2, -0.15) is 4.98 Å². The molecule has 0 spiro atoms. The third kappa shape index (κ3) is 2.22. The highest BCUT2D eigenvalue weighted by atomic mass is 19.1. The minimum absolute atomic E-state index is 0.278. The molecule has 0 atom stereocenters. The second kappa shape index (κ2) is 4.60. The van der Waals surface area contributed by atoms with E-state index < -0.39 is 0 Å². The van der Waals surface area contributed by atoms with Crippen molar-refractivity contribution >= 4 is 11.3 Å². The van der Waals surface area contributed by atoms with Gasteiger partial charge in [0.1, 0.15) is 11.5 Å². The summed E-state index contributed by atoms with van der Waals surface area (Å²) in [4.78, 5) is 8.38. The average molecular weight is 260 g/mol. The van der Waals surface area contributed by atoms with Crippen molar-refractivity contribution in [3.05, 3.63) is 41.3 Å². The van der Waals surface area contributed by atoms with Crippen LogP contribution < -0.4 is 4.74 Å². The Bertz CT molecular complexity index is 729. The van der Waals surface area contributed by atoms with E-state index in [0.29, 0.717) is 23.6 Å². The molecule has 0 radical (unpaired) electrons. The number of ether oxygens (including phenoxy) is 1. The Morgan fingerprint density at radius 1 is 1.21 bits per heavy atom. The van der Waals surface area contributed by atoms with Crippen LogP contribution in [0.5, 0.6) is 5.88 Å². The number of fused-ring (bicyclic) bond motifs is 1. The first-order valence-corrected chi connectivity index (χ1v) is 5.54. The molecule has 3 aromatic rings. The van der Waals surface area contributed by atoms with E-state index in [-0.39, 0.29) is 11.5 Å². The highest BCUT2D eigenvalue weighted by Crippen LogP contribution is 2.20. The Balaban J connectivity index is 2.03.